The number of nitrogens with zero attached hydrogens (tertiary/aromatic N) is 5. The number of aliphatic hydroxyl groups is 1. The van der Waals surface area contributed by atoms with E-state index >= 15 is 0 Å². The standard InChI is InChI=1S/C44H53F3N6O5/c1-28-19-32(23-48-22-28)37-24-49-41(57-37)42(2,3)52-18-17-51(35(26-52)39(55)50-27-44(45,46)47)25-33(54)21-31(20-29-11-7-6-8-12-29)40(56)53-38-34-14-10-9-13-30(34)15-16-36(38)58-43(53,4)5/h6-14,19,22-24,31,33,35-36,38,54H,15-18,20-21,25-27H2,1-5H3,(H,50,55)/t31-,33+,35?,36-,38+/m1/s1. The highest BCUT2D eigenvalue weighted by molar-refractivity contribution is 5.82. The van der Waals surface area contributed by atoms with Crippen molar-refractivity contribution in [2.24, 2.45) is 5.92 Å². The van der Waals surface area contributed by atoms with Crippen LogP contribution in [0.4, 0.5) is 13.2 Å². The van der Waals surface area contributed by atoms with Crippen LogP contribution < -0.4 is 5.32 Å². The minimum atomic E-state index is -4.61. The highest BCUT2D eigenvalue weighted by atomic mass is 19.4. The number of nitrogens with one attached hydrogen (secondary N) is 1. The maximum Gasteiger partial charge on any atom is 0.405 e. The van der Waals surface area contributed by atoms with E-state index in [1.165, 1.54) is 5.56 Å². The van der Waals surface area contributed by atoms with Crippen LogP contribution >= 0.6 is 0 Å². The van der Waals surface area contributed by atoms with Crippen molar-refractivity contribution in [1.29, 1.82) is 0 Å². The van der Waals surface area contributed by atoms with Gasteiger partial charge in [-0.1, -0.05) is 54.6 Å². The number of hydrogen-bond acceptors (Lipinski definition) is 9. The number of ether oxygens (including phenoxy) is 1. The number of piperazine rings is 1. The summed E-state index contributed by atoms with van der Waals surface area (Å²) >= 11 is 0. The van der Waals surface area contributed by atoms with Gasteiger partial charge in [0.05, 0.1) is 30.0 Å². The van der Waals surface area contributed by atoms with Crippen molar-refractivity contribution in [3.8, 4) is 11.3 Å². The number of benzene rings is 2. The minimum Gasteiger partial charge on any atom is -0.439 e. The number of oxazole rings is 1. The predicted octanol–water partition coefficient (Wildman–Crippen LogP) is 6.21. The summed E-state index contributed by atoms with van der Waals surface area (Å²) in [4.78, 5) is 42.9. The maximum absolute atomic E-state index is 14.9. The van der Waals surface area contributed by atoms with Gasteiger partial charge in [-0.25, -0.2) is 4.98 Å². The summed E-state index contributed by atoms with van der Waals surface area (Å²) in [6, 6.07) is 18.4. The first-order chi connectivity index (χ1) is 27.5. The van der Waals surface area contributed by atoms with E-state index in [9.17, 15) is 27.9 Å². The molecule has 0 spiro atoms. The molecule has 4 aromatic rings. The molecular weight excluding hydrogens is 750 g/mol. The third-order valence-corrected chi connectivity index (χ3v) is 11.9. The average Bonchev–Trinajstić information content (AvgIpc) is 3.79. The summed E-state index contributed by atoms with van der Waals surface area (Å²) in [5, 5.41) is 13.9. The molecule has 1 unspecified atom stereocenters. The number of alkyl halides is 3. The highest BCUT2D eigenvalue weighted by Gasteiger charge is 2.53. The van der Waals surface area contributed by atoms with Gasteiger partial charge in [0.2, 0.25) is 17.7 Å². The van der Waals surface area contributed by atoms with Crippen molar-refractivity contribution in [2.75, 3.05) is 32.7 Å². The van der Waals surface area contributed by atoms with Crippen molar-refractivity contribution in [3.05, 3.63) is 107 Å². The lowest BCUT2D eigenvalue weighted by Gasteiger charge is -2.46. The molecule has 58 heavy (non-hydrogen) atoms. The molecule has 2 N–H and O–H groups in total. The number of β-amino-alcohol motifs (C(OH)–C–C–N with tert-alkyl or cyclic N) is 1. The molecule has 310 valence electrons. The third kappa shape index (κ3) is 9.00. The van der Waals surface area contributed by atoms with E-state index in [0.29, 0.717) is 24.6 Å². The van der Waals surface area contributed by atoms with Crippen LogP contribution in [-0.2, 0) is 32.7 Å². The quantitative estimate of drug-likeness (QED) is 0.172. The first kappa shape index (κ1) is 41.5. The van der Waals surface area contributed by atoms with Crippen LogP contribution in [0, 0.1) is 12.8 Å². The molecule has 5 atom stereocenters. The molecule has 2 aromatic carbocycles. The Balaban J connectivity index is 1.12. The Morgan fingerprint density at radius 3 is 2.52 bits per heavy atom. The van der Waals surface area contributed by atoms with Crippen LogP contribution in [0.2, 0.25) is 0 Å². The number of aryl methyl sites for hydroxylation is 2. The zero-order chi connectivity index (χ0) is 41.4. The monoisotopic (exact) mass is 802 g/mol. The molecule has 0 radical (unpaired) electrons. The molecule has 2 saturated heterocycles. The lowest BCUT2D eigenvalue weighted by atomic mass is 9.84. The fourth-order valence-electron chi connectivity index (χ4n) is 8.96. The molecule has 2 aromatic heterocycles. The normalized spacial score (nSPS) is 22.2. The first-order valence-electron chi connectivity index (χ1n) is 20.0. The van der Waals surface area contributed by atoms with Gasteiger partial charge in [-0.3, -0.25) is 24.4 Å². The molecule has 0 bridgehead atoms. The largest absolute Gasteiger partial charge is 0.439 e. The number of halogens is 3. The van der Waals surface area contributed by atoms with Gasteiger partial charge >= 0.3 is 6.18 Å². The molecule has 4 heterocycles. The summed E-state index contributed by atoms with van der Waals surface area (Å²) in [6.07, 6.45) is 1.22. The molecule has 7 rings (SSSR count). The number of amides is 2. The van der Waals surface area contributed by atoms with E-state index in [4.69, 9.17) is 9.15 Å². The molecule has 1 aliphatic carbocycles. The topological polar surface area (TPSA) is 124 Å². The number of rotatable bonds is 12. The Morgan fingerprint density at radius 2 is 1.78 bits per heavy atom. The van der Waals surface area contributed by atoms with Crippen LogP contribution in [0.1, 0.15) is 74.7 Å². The third-order valence-electron chi connectivity index (χ3n) is 11.9. The lowest BCUT2D eigenvalue weighted by Crippen LogP contribution is -2.63. The molecule has 3 aliphatic rings. The van der Waals surface area contributed by atoms with Crippen molar-refractivity contribution >= 4 is 11.8 Å². The van der Waals surface area contributed by atoms with Gasteiger partial charge in [-0.2, -0.15) is 13.2 Å². The molecule has 2 fully saturated rings. The summed E-state index contributed by atoms with van der Waals surface area (Å²) < 4.78 is 52.8. The fraction of sp³-hybridized carbons (Fsp3) is 0.500. The smallest absolute Gasteiger partial charge is 0.405 e. The van der Waals surface area contributed by atoms with Crippen LogP contribution in [0.15, 0.2) is 83.7 Å². The Hall–Kier alpha value is -4.63. The highest BCUT2D eigenvalue weighted by Crippen LogP contribution is 2.48. The van der Waals surface area contributed by atoms with Crippen molar-refractivity contribution < 1.29 is 37.0 Å². The number of fused-ring (bicyclic) bond motifs is 3. The Kier molecular flexibility index (Phi) is 11.9. The number of pyridine rings is 1. The van der Waals surface area contributed by atoms with Crippen LogP contribution in [0.3, 0.4) is 0 Å². The summed E-state index contributed by atoms with van der Waals surface area (Å²) in [7, 11) is 0. The second-order valence-corrected chi connectivity index (χ2v) is 16.9. The minimum absolute atomic E-state index is 0.0325. The second kappa shape index (κ2) is 16.6. The summed E-state index contributed by atoms with van der Waals surface area (Å²) in [5.41, 5.74) is 3.13. The van der Waals surface area contributed by atoms with E-state index in [1.54, 1.807) is 23.5 Å². The van der Waals surface area contributed by atoms with Gasteiger partial charge in [0.1, 0.15) is 18.3 Å². The molecule has 11 nitrogen and oxygen atoms in total. The van der Waals surface area contributed by atoms with Gasteiger partial charge in [-0.05, 0) is 88.6 Å². The van der Waals surface area contributed by atoms with E-state index < -0.39 is 48.0 Å². The van der Waals surface area contributed by atoms with Crippen molar-refractivity contribution in [3.63, 3.8) is 0 Å². The van der Waals surface area contributed by atoms with E-state index in [1.807, 2.05) is 92.9 Å². The van der Waals surface area contributed by atoms with Crippen LogP contribution in [0.5, 0.6) is 0 Å². The van der Waals surface area contributed by atoms with Gasteiger partial charge in [0.25, 0.3) is 0 Å². The maximum atomic E-state index is 14.9. The summed E-state index contributed by atoms with van der Waals surface area (Å²) in [5.74, 6) is -0.708. The number of aliphatic hydroxyl groups excluding tert-OH is 1. The number of carbonyl (C=O) groups excluding carboxylic acids is 2. The predicted molar refractivity (Wildman–Crippen MR) is 211 cm³/mol. The number of hydrogen-bond donors (Lipinski definition) is 2. The SMILES string of the molecule is Cc1cncc(-c2cnc(C(C)(C)N3CCN(C[C@@H](O)C[C@@H](Cc4ccccc4)C(=O)N4[C@H]5c6ccccc6CC[C@H]5OC4(C)C)C(C(=O)NCC(F)(F)F)C3)o2)c1. The lowest BCUT2D eigenvalue weighted by molar-refractivity contribution is -0.153. The van der Waals surface area contributed by atoms with Gasteiger partial charge in [-0.15, -0.1) is 0 Å². The molecule has 2 amide bonds. The van der Waals surface area contributed by atoms with Gasteiger partial charge in [0.15, 0.2) is 5.76 Å². The van der Waals surface area contributed by atoms with E-state index in [0.717, 1.165) is 35.1 Å². The first-order valence-corrected chi connectivity index (χ1v) is 20.0. The fourth-order valence-corrected chi connectivity index (χ4v) is 8.96. The second-order valence-electron chi connectivity index (χ2n) is 16.9. The Morgan fingerprint density at radius 1 is 1.03 bits per heavy atom. The Labute approximate surface area is 337 Å². The van der Waals surface area contributed by atoms with Gasteiger partial charge < -0.3 is 24.5 Å². The molecule has 14 heteroatoms. The van der Waals surface area contributed by atoms with Crippen LogP contribution in [-0.4, -0.2) is 104 Å². The number of aromatic nitrogens is 2. The van der Waals surface area contributed by atoms with Crippen molar-refractivity contribution in [1.82, 2.24) is 30.0 Å². The van der Waals surface area contributed by atoms with Gasteiger partial charge in [0, 0.05) is 50.1 Å². The zero-order valence-corrected chi connectivity index (χ0v) is 33.7. The molecule has 2 aliphatic heterocycles. The zero-order valence-electron chi connectivity index (χ0n) is 33.7. The van der Waals surface area contributed by atoms with E-state index in [-0.39, 0.29) is 44.1 Å². The average molecular weight is 803 g/mol. The number of carbonyl (C=O) groups is 2. The van der Waals surface area contributed by atoms with E-state index in [2.05, 4.69) is 27.4 Å². The Bertz CT molecular complexity index is 2070. The molecule has 0 saturated carbocycles. The van der Waals surface area contributed by atoms with Crippen LogP contribution in [0.25, 0.3) is 11.3 Å². The molecular formula is C44H53F3N6O5. The summed E-state index contributed by atoms with van der Waals surface area (Å²) in [6.45, 7) is 8.71. The van der Waals surface area contributed by atoms with Crippen molar-refractivity contribution in [2.45, 2.75) is 102 Å².